The summed E-state index contributed by atoms with van der Waals surface area (Å²) in [4.78, 5) is 18.7. The van der Waals surface area contributed by atoms with E-state index in [-0.39, 0.29) is 11.8 Å². The van der Waals surface area contributed by atoms with Crippen LogP contribution < -0.4 is 5.32 Å². The van der Waals surface area contributed by atoms with Gasteiger partial charge in [-0.3, -0.25) is 4.79 Å². The molecule has 1 unspecified atom stereocenters. The number of Topliss-reactive ketones (excluding diaryl/α,β-unsaturated/α-hetero) is 1. The summed E-state index contributed by atoms with van der Waals surface area (Å²) in [6, 6.07) is 1.50. The molecule has 0 aliphatic carbocycles. The van der Waals surface area contributed by atoms with Crippen molar-refractivity contribution in [2.24, 2.45) is 0 Å². The van der Waals surface area contributed by atoms with Crippen LogP contribution in [0, 0.1) is 0 Å². The highest BCUT2D eigenvalue weighted by atomic mass is 16.1. The predicted octanol–water partition coefficient (Wildman–Crippen LogP) is 0.866. The number of anilines is 1. The zero-order valence-corrected chi connectivity index (χ0v) is 7.11. The molecule has 0 aromatic carbocycles. The Bertz CT molecular complexity index is 260. The largest absolute Gasteiger partial charge is 0.345 e. The summed E-state index contributed by atoms with van der Waals surface area (Å²) in [6.07, 6.45) is 3.25. The lowest BCUT2D eigenvalue weighted by molar-refractivity contribution is -0.117. The maximum Gasteiger partial charge on any atom is 0.223 e. The van der Waals surface area contributed by atoms with Gasteiger partial charge < -0.3 is 5.32 Å². The topological polar surface area (TPSA) is 54.9 Å². The number of carbonyl (C=O) groups excluding carboxylic acids is 1. The van der Waals surface area contributed by atoms with E-state index >= 15 is 0 Å². The monoisotopic (exact) mass is 165 g/mol. The molecule has 1 N–H and O–H groups in total. The standard InChI is InChI=1S/C8H11N3O/c1-6(7(2)12)11-8-9-4-3-5-10-8/h3-6H,1-2H3,(H,9,10,11). The van der Waals surface area contributed by atoms with Crippen LogP contribution in [0.25, 0.3) is 0 Å². The molecule has 12 heavy (non-hydrogen) atoms. The Morgan fingerprint density at radius 3 is 2.58 bits per heavy atom. The molecule has 0 saturated carbocycles. The maximum atomic E-state index is 10.8. The van der Waals surface area contributed by atoms with Crippen LogP contribution in [0.1, 0.15) is 13.8 Å². The SMILES string of the molecule is CC(=O)C(C)Nc1ncccn1. The van der Waals surface area contributed by atoms with Gasteiger partial charge in [0, 0.05) is 12.4 Å². The molecule has 64 valence electrons. The molecule has 0 saturated heterocycles. The summed E-state index contributed by atoms with van der Waals surface area (Å²) in [5, 5.41) is 2.87. The molecule has 1 rings (SSSR count). The number of hydrogen-bond acceptors (Lipinski definition) is 4. The van der Waals surface area contributed by atoms with Gasteiger partial charge in [0.15, 0.2) is 5.78 Å². The summed E-state index contributed by atoms with van der Waals surface area (Å²) < 4.78 is 0. The third-order valence-electron chi connectivity index (χ3n) is 1.52. The summed E-state index contributed by atoms with van der Waals surface area (Å²) in [5.74, 6) is 0.558. The van der Waals surface area contributed by atoms with E-state index < -0.39 is 0 Å². The van der Waals surface area contributed by atoms with E-state index in [4.69, 9.17) is 0 Å². The highest BCUT2D eigenvalue weighted by molar-refractivity contribution is 5.83. The summed E-state index contributed by atoms with van der Waals surface area (Å²) in [5.41, 5.74) is 0. The molecule has 0 fully saturated rings. The molecule has 0 radical (unpaired) electrons. The zero-order valence-electron chi connectivity index (χ0n) is 7.11. The smallest absolute Gasteiger partial charge is 0.223 e. The first-order valence-electron chi connectivity index (χ1n) is 3.74. The van der Waals surface area contributed by atoms with Crippen LogP contribution in [-0.2, 0) is 4.79 Å². The van der Waals surface area contributed by atoms with Crippen LogP contribution in [0.4, 0.5) is 5.95 Å². The number of nitrogens with one attached hydrogen (secondary N) is 1. The van der Waals surface area contributed by atoms with Gasteiger partial charge >= 0.3 is 0 Å². The number of aromatic nitrogens is 2. The van der Waals surface area contributed by atoms with Crippen molar-refractivity contribution in [1.82, 2.24) is 9.97 Å². The normalized spacial score (nSPS) is 12.2. The Morgan fingerprint density at radius 2 is 2.08 bits per heavy atom. The van der Waals surface area contributed by atoms with Crippen molar-refractivity contribution in [3.63, 3.8) is 0 Å². The third-order valence-corrected chi connectivity index (χ3v) is 1.52. The Morgan fingerprint density at radius 1 is 1.50 bits per heavy atom. The van der Waals surface area contributed by atoms with Crippen molar-refractivity contribution in [2.75, 3.05) is 5.32 Å². The van der Waals surface area contributed by atoms with Crippen molar-refractivity contribution < 1.29 is 4.79 Å². The number of hydrogen-bond donors (Lipinski definition) is 1. The fraction of sp³-hybridized carbons (Fsp3) is 0.375. The lowest BCUT2D eigenvalue weighted by atomic mass is 10.2. The van der Waals surface area contributed by atoms with Crippen molar-refractivity contribution in [2.45, 2.75) is 19.9 Å². The van der Waals surface area contributed by atoms with E-state index in [1.54, 1.807) is 25.4 Å². The van der Waals surface area contributed by atoms with Crippen LogP contribution >= 0.6 is 0 Å². The molecule has 0 aliphatic heterocycles. The van der Waals surface area contributed by atoms with Gasteiger partial charge in [-0.05, 0) is 19.9 Å². The number of rotatable bonds is 3. The minimum atomic E-state index is -0.229. The highest BCUT2D eigenvalue weighted by Gasteiger charge is 2.06. The molecule has 4 heteroatoms. The molecule has 1 atom stereocenters. The Labute approximate surface area is 71.0 Å². The van der Waals surface area contributed by atoms with E-state index in [1.807, 2.05) is 0 Å². The average molecular weight is 165 g/mol. The second-order valence-electron chi connectivity index (χ2n) is 2.55. The first kappa shape index (κ1) is 8.64. The third kappa shape index (κ3) is 2.30. The fourth-order valence-electron chi connectivity index (χ4n) is 0.669. The van der Waals surface area contributed by atoms with Gasteiger partial charge in [0.1, 0.15) is 0 Å². The molecule has 0 amide bonds. The van der Waals surface area contributed by atoms with Crippen LogP contribution in [0.3, 0.4) is 0 Å². The van der Waals surface area contributed by atoms with Gasteiger partial charge in [0.25, 0.3) is 0 Å². The summed E-state index contributed by atoms with van der Waals surface area (Å²) in [6.45, 7) is 3.30. The molecule has 0 bridgehead atoms. The van der Waals surface area contributed by atoms with E-state index in [9.17, 15) is 4.79 Å². The summed E-state index contributed by atoms with van der Waals surface area (Å²) >= 11 is 0. The second kappa shape index (κ2) is 3.80. The maximum absolute atomic E-state index is 10.8. The zero-order chi connectivity index (χ0) is 8.97. The highest BCUT2D eigenvalue weighted by Crippen LogP contribution is 1.97. The Hall–Kier alpha value is -1.45. The van der Waals surface area contributed by atoms with E-state index in [1.165, 1.54) is 6.92 Å². The fourth-order valence-corrected chi connectivity index (χ4v) is 0.669. The van der Waals surface area contributed by atoms with Crippen LogP contribution in [0.15, 0.2) is 18.5 Å². The van der Waals surface area contributed by atoms with Gasteiger partial charge in [0.05, 0.1) is 6.04 Å². The lowest BCUT2D eigenvalue weighted by Gasteiger charge is -2.08. The first-order valence-corrected chi connectivity index (χ1v) is 3.74. The molecule has 1 aromatic rings. The lowest BCUT2D eigenvalue weighted by Crippen LogP contribution is -2.24. The van der Waals surface area contributed by atoms with Crippen molar-refractivity contribution >= 4 is 11.7 Å². The minimum Gasteiger partial charge on any atom is -0.345 e. The van der Waals surface area contributed by atoms with Crippen molar-refractivity contribution in [3.05, 3.63) is 18.5 Å². The molecule has 4 nitrogen and oxygen atoms in total. The molecule has 0 aliphatic rings. The van der Waals surface area contributed by atoms with Crippen LogP contribution in [-0.4, -0.2) is 21.8 Å². The van der Waals surface area contributed by atoms with Crippen molar-refractivity contribution in [1.29, 1.82) is 0 Å². The van der Waals surface area contributed by atoms with Crippen LogP contribution in [0.5, 0.6) is 0 Å². The van der Waals surface area contributed by atoms with Gasteiger partial charge in [0.2, 0.25) is 5.95 Å². The summed E-state index contributed by atoms with van der Waals surface area (Å²) in [7, 11) is 0. The first-order chi connectivity index (χ1) is 5.70. The van der Waals surface area contributed by atoms with Crippen molar-refractivity contribution in [3.8, 4) is 0 Å². The molecular weight excluding hydrogens is 154 g/mol. The van der Waals surface area contributed by atoms with Gasteiger partial charge in [-0.15, -0.1) is 0 Å². The van der Waals surface area contributed by atoms with E-state index in [0.717, 1.165) is 0 Å². The van der Waals surface area contributed by atoms with Gasteiger partial charge in [-0.2, -0.15) is 0 Å². The van der Waals surface area contributed by atoms with Gasteiger partial charge in [-0.1, -0.05) is 0 Å². The Balaban J connectivity index is 2.58. The predicted molar refractivity (Wildman–Crippen MR) is 45.8 cm³/mol. The van der Waals surface area contributed by atoms with E-state index in [0.29, 0.717) is 5.95 Å². The molecule has 1 aromatic heterocycles. The number of ketones is 1. The van der Waals surface area contributed by atoms with E-state index in [2.05, 4.69) is 15.3 Å². The minimum absolute atomic E-state index is 0.0717. The van der Waals surface area contributed by atoms with Crippen LogP contribution in [0.2, 0.25) is 0 Å². The molecule has 0 spiro atoms. The number of nitrogens with zero attached hydrogens (tertiary/aromatic N) is 2. The second-order valence-corrected chi connectivity index (χ2v) is 2.55. The number of carbonyl (C=O) groups is 1. The quantitative estimate of drug-likeness (QED) is 0.721. The Kier molecular flexibility index (Phi) is 2.74. The molecular formula is C8H11N3O. The average Bonchev–Trinajstić information content (AvgIpc) is 2.06. The molecule has 1 heterocycles. The van der Waals surface area contributed by atoms with Gasteiger partial charge in [-0.25, -0.2) is 9.97 Å².